The molecular formula is C19H21ClN2O4S. The monoisotopic (exact) mass is 408 g/mol. The lowest BCUT2D eigenvalue weighted by Crippen LogP contribution is -2.42. The van der Waals surface area contributed by atoms with E-state index in [1.807, 2.05) is 20.8 Å². The van der Waals surface area contributed by atoms with E-state index in [-0.39, 0.29) is 17.4 Å². The summed E-state index contributed by atoms with van der Waals surface area (Å²) in [7, 11) is -3.81. The third-order valence-electron chi connectivity index (χ3n) is 4.34. The van der Waals surface area contributed by atoms with Crippen LogP contribution in [0.4, 0.5) is 11.4 Å². The van der Waals surface area contributed by atoms with Gasteiger partial charge >= 0.3 is 0 Å². The number of fused-ring (bicyclic) bond motifs is 1. The first kappa shape index (κ1) is 19.5. The zero-order valence-electron chi connectivity index (χ0n) is 15.3. The number of ether oxygens (including phenoxy) is 1. The van der Waals surface area contributed by atoms with Gasteiger partial charge in [0, 0.05) is 11.6 Å². The Kier molecular flexibility index (Phi) is 5.10. The van der Waals surface area contributed by atoms with Gasteiger partial charge in [-0.25, -0.2) is 8.42 Å². The quantitative estimate of drug-likeness (QED) is 0.832. The molecule has 0 aromatic heterocycles. The third-order valence-corrected chi connectivity index (χ3v) is 5.95. The molecule has 6 nitrogen and oxygen atoms in total. The van der Waals surface area contributed by atoms with Gasteiger partial charge in [0.25, 0.3) is 10.0 Å². The maximum absolute atomic E-state index is 12.8. The fourth-order valence-electron chi connectivity index (χ4n) is 2.87. The average molecular weight is 409 g/mol. The Hall–Kier alpha value is -2.25. The number of carbonyl (C=O) groups excluding carboxylic acids is 1. The molecule has 144 valence electrons. The molecule has 1 aliphatic rings. The molecule has 0 fully saturated rings. The van der Waals surface area contributed by atoms with Crippen LogP contribution in [0.25, 0.3) is 0 Å². The number of hydrogen-bond acceptors (Lipinski definition) is 4. The van der Waals surface area contributed by atoms with Crippen LogP contribution in [0.5, 0.6) is 5.75 Å². The van der Waals surface area contributed by atoms with E-state index in [9.17, 15) is 13.2 Å². The molecule has 3 rings (SSSR count). The summed E-state index contributed by atoms with van der Waals surface area (Å²) in [5.41, 5.74) is 0.206. The fourth-order valence-corrected chi connectivity index (χ4v) is 4.22. The number of hydrogen-bond donors (Lipinski definition) is 1. The summed E-state index contributed by atoms with van der Waals surface area (Å²) in [4.78, 5) is 14.5. The van der Waals surface area contributed by atoms with Crippen LogP contribution in [0.2, 0.25) is 5.02 Å². The van der Waals surface area contributed by atoms with Crippen molar-refractivity contribution >= 4 is 38.9 Å². The lowest BCUT2D eigenvalue weighted by molar-refractivity contribution is -0.127. The van der Waals surface area contributed by atoms with Crippen molar-refractivity contribution in [3.05, 3.63) is 47.5 Å². The molecule has 1 heterocycles. The fraction of sp³-hybridized carbons (Fsp3) is 0.316. The molecule has 0 spiro atoms. The molecule has 0 saturated heterocycles. The number of amides is 1. The first-order chi connectivity index (χ1) is 12.6. The molecule has 2 aromatic rings. The molecule has 8 heteroatoms. The van der Waals surface area contributed by atoms with Crippen LogP contribution in [0.15, 0.2) is 47.4 Å². The predicted molar refractivity (Wildman–Crippen MR) is 106 cm³/mol. The molecule has 1 N–H and O–H groups in total. The maximum atomic E-state index is 12.8. The van der Waals surface area contributed by atoms with Crippen molar-refractivity contribution in [1.29, 1.82) is 0 Å². The highest BCUT2D eigenvalue weighted by molar-refractivity contribution is 7.92. The number of halogens is 1. The molecule has 1 aliphatic heterocycles. The van der Waals surface area contributed by atoms with E-state index in [4.69, 9.17) is 16.3 Å². The Bertz CT molecular complexity index is 989. The highest BCUT2D eigenvalue weighted by atomic mass is 35.5. The van der Waals surface area contributed by atoms with Crippen LogP contribution in [0.3, 0.4) is 0 Å². The normalized spacial score (nSPS) is 16.3. The lowest BCUT2D eigenvalue weighted by atomic mass is 9.93. The summed E-state index contributed by atoms with van der Waals surface area (Å²) in [6.45, 7) is 6.22. The SMILES string of the molecule is CCN1C(=O)C(C)(C)COc2ccc(NS(=O)(=O)c3cccc(Cl)c3)cc21. The number of anilines is 2. The summed E-state index contributed by atoms with van der Waals surface area (Å²) in [6.07, 6.45) is 0. The largest absolute Gasteiger partial charge is 0.490 e. The number of benzene rings is 2. The van der Waals surface area contributed by atoms with Gasteiger partial charge in [0.1, 0.15) is 12.4 Å². The van der Waals surface area contributed by atoms with E-state index in [2.05, 4.69) is 4.72 Å². The number of carbonyl (C=O) groups is 1. The Morgan fingerprint density at radius 1 is 1.22 bits per heavy atom. The summed E-state index contributed by atoms with van der Waals surface area (Å²) < 4.78 is 33.6. The van der Waals surface area contributed by atoms with Crippen molar-refractivity contribution < 1.29 is 17.9 Å². The van der Waals surface area contributed by atoms with Crippen LogP contribution in [0.1, 0.15) is 20.8 Å². The number of sulfonamides is 1. The molecule has 27 heavy (non-hydrogen) atoms. The van der Waals surface area contributed by atoms with Gasteiger partial charge in [-0.2, -0.15) is 0 Å². The zero-order valence-corrected chi connectivity index (χ0v) is 16.9. The van der Waals surface area contributed by atoms with Crippen LogP contribution in [-0.4, -0.2) is 27.5 Å². The van der Waals surface area contributed by atoms with Crippen molar-refractivity contribution in [2.24, 2.45) is 5.41 Å². The van der Waals surface area contributed by atoms with E-state index in [0.717, 1.165) is 0 Å². The topological polar surface area (TPSA) is 75.7 Å². The van der Waals surface area contributed by atoms with Gasteiger partial charge in [-0.1, -0.05) is 17.7 Å². The molecule has 0 radical (unpaired) electrons. The number of rotatable bonds is 4. The smallest absolute Gasteiger partial charge is 0.261 e. The molecular weight excluding hydrogens is 388 g/mol. The van der Waals surface area contributed by atoms with Crippen LogP contribution < -0.4 is 14.4 Å². The van der Waals surface area contributed by atoms with Gasteiger partial charge in [-0.15, -0.1) is 0 Å². The van der Waals surface area contributed by atoms with Crippen molar-refractivity contribution in [3.8, 4) is 5.75 Å². The maximum Gasteiger partial charge on any atom is 0.261 e. The van der Waals surface area contributed by atoms with E-state index in [1.54, 1.807) is 35.2 Å². The molecule has 0 bridgehead atoms. The van der Waals surface area contributed by atoms with E-state index in [0.29, 0.717) is 28.7 Å². The van der Waals surface area contributed by atoms with E-state index in [1.165, 1.54) is 12.1 Å². The second-order valence-corrected chi connectivity index (χ2v) is 9.09. The Balaban J connectivity index is 1.98. The van der Waals surface area contributed by atoms with Crippen molar-refractivity contribution in [1.82, 2.24) is 0 Å². The van der Waals surface area contributed by atoms with Gasteiger partial charge in [-0.3, -0.25) is 9.52 Å². The first-order valence-electron chi connectivity index (χ1n) is 8.51. The standard InChI is InChI=1S/C19H21ClN2O4S/c1-4-22-16-11-14(8-9-17(16)26-12-19(2,3)18(22)23)21-27(24,25)15-7-5-6-13(20)10-15/h5-11,21H,4,12H2,1-3H3. The number of nitrogens with one attached hydrogen (secondary N) is 1. The minimum Gasteiger partial charge on any atom is -0.490 e. The summed E-state index contributed by atoms with van der Waals surface area (Å²) in [5.74, 6) is 0.472. The molecule has 2 aromatic carbocycles. The van der Waals surface area contributed by atoms with Gasteiger partial charge in [-0.05, 0) is 57.2 Å². The van der Waals surface area contributed by atoms with Crippen molar-refractivity contribution in [3.63, 3.8) is 0 Å². The van der Waals surface area contributed by atoms with Gasteiger partial charge in [0.2, 0.25) is 5.91 Å². The Morgan fingerprint density at radius 3 is 2.63 bits per heavy atom. The lowest BCUT2D eigenvalue weighted by Gasteiger charge is -2.27. The van der Waals surface area contributed by atoms with Gasteiger partial charge in [0.05, 0.1) is 21.7 Å². The van der Waals surface area contributed by atoms with Crippen LogP contribution in [0, 0.1) is 5.41 Å². The third kappa shape index (κ3) is 3.89. The molecule has 1 amide bonds. The van der Waals surface area contributed by atoms with Gasteiger partial charge < -0.3 is 9.64 Å². The van der Waals surface area contributed by atoms with Crippen molar-refractivity contribution in [2.75, 3.05) is 22.8 Å². The molecule has 0 atom stereocenters. The highest BCUT2D eigenvalue weighted by Gasteiger charge is 2.37. The Labute approximate surface area is 164 Å². The average Bonchev–Trinajstić information content (AvgIpc) is 2.69. The summed E-state index contributed by atoms with van der Waals surface area (Å²) >= 11 is 5.89. The zero-order chi connectivity index (χ0) is 19.8. The minimum atomic E-state index is -3.81. The summed E-state index contributed by atoms with van der Waals surface area (Å²) in [6, 6.07) is 10.9. The predicted octanol–water partition coefficient (Wildman–Crippen LogP) is 3.91. The second kappa shape index (κ2) is 7.05. The molecule has 0 unspecified atom stereocenters. The van der Waals surface area contributed by atoms with Gasteiger partial charge in [0.15, 0.2) is 0 Å². The highest BCUT2D eigenvalue weighted by Crippen LogP contribution is 2.38. The Morgan fingerprint density at radius 2 is 1.96 bits per heavy atom. The van der Waals surface area contributed by atoms with E-state index >= 15 is 0 Å². The minimum absolute atomic E-state index is 0.0609. The first-order valence-corrected chi connectivity index (χ1v) is 10.4. The van der Waals surface area contributed by atoms with E-state index < -0.39 is 15.4 Å². The van der Waals surface area contributed by atoms with Crippen LogP contribution in [-0.2, 0) is 14.8 Å². The number of nitrogens with zero attached hydrogens (tertiary/aromatic N) is 1. The second-order valence-electron chi connectivity index (χ2n) is 6.97. The molecule has 0 aliphatic carbocycles. The summed E-state index contributed by atoms with van der Waals surface area (Å²) in [5, 5.41) is 0.332. The van der Waals surface area contributed by atoms with Crippen LogP contribution >= 0.6 is 11.6 Å². The molecule has 0 saturated carbocycles. The van der Waals surface area contributed by atoms with Crippen molar-refractivity contribution in [2.45, 2.75) is 25.7 Å².